The predicted octanol–water partition coefficient (Wildman–Crippen LogP) is 1.40. The molecule has 2 heterocycles. The van der Waals surface area contributed by atoms with Gasteiger partial charge in [-0.05, 0) is 18.9 Å². The van der Waals surface area contributed by atoms with Crippen molar-refractivity contribution in [3.05, 3.63) is 24.5 Å². The van der Waals surface area contributed by atoms with E-state index in [2.05, 4.69) is 15.4 Å². The zero-order chi connectivity index (χ0) is 12.6. The second kappa shape index (κ2) is 3.97. The minimum absolute atomic E-state index is 0.430. The molecule has 2 N–H and O–H groups in total. The second-order valence-corrected chi connectivity index (χ2v) is 4.74. The third-order valence-electron chi connectivity index (χ3n) is 3.63. The van der Waals surface area contributed by atoms with Crippen molar-refractivity contribution in [3.8, 4) is 0 Å². The number of rotatable bonds is 4. The van der Waals surface area contributed by atoms with E-state index in [1.54, 1.807) is 23.0 Å². The molecule has 18 heavy (non-hydrogen) atoms. The second-order valence-electron chi connectivity index (χ2n) is 4.74. The zero-order valence-electron chi connectivity index (χ0n) is 9.83. The smallest absolute Gasteiger partial charge is 0.311 e. The summed E-state index contributed by atoms with van der Waals surface area (Å²) in [5.41, 5.74) is 0.145. The third kappa shape index (κ3) is 1.70. The number of fused-ring (bicyclic) bond motifs is 1. The highest BCUT2D eigenvalue weighted by Gasteiger charge is 2.44. The highest BCUT2D eigenvalue weighted by atomic mass is 16.4. The standard InChI is InChI=1S/C12H14N4O2/c17-11(18)12(4-1-5-12)8-13-9-3-7-16-10(15-9)2-6-14-16/h2-3,6-7H,1,4-5,8H2,(H,13,15)(H,17,18). The fourth-order valence-electron chi connectivity index (χ4n) is 2.24. The first-order chi connectivity index (χ1) is 8.70. The number of hydrogen-bond donors (Lipinski definition) is 2. The van der Waals surface area contributed by atoms with Gasteiger partial charge in [0.05, 0.1) is 11.6 Å². The fourth-order valence-corrected chi connectivity index (χ4v) is 2.24. The molecule has 1 aliphatic rings. The molecule has 0 unspecified atom stereocenters. The van der Waals surface area contributed by atoms with E-state index in [0.29, 0.717) is 12.4 Å². The van der Waals surface area contributed by atoms with Gasteiger partial charge in [-0.25, -0.2) is 9.50 Å². The van der Waals surface area contributed by atoms with Gasteiger partial charge in [0.15, 0.2) is 5.65 Å². The maximum Gasteiger partial charge on any atom is 0.311 e. The van der Waals surface area contributed by atoms with Gasteiger partial charge in [0.1, 0.15) is 5.82 Å². The van der Waals surface area contributed by atoms with Gasteiger partial charge in [0.2, 0.25) is 0 Å². The summed E-state index contributed by atoms with van der Waals surface area (Å²) in [5.74, 6) is -0.0257. The number of aliphatic carboxylic acids is 1. The average molecular weight is 246 g/mol. The molecule has 0 aliphatic heterocycles. The quantitative estimate of drug-likeness (QED) is 0.852. The number of carboxylic acid groups (broad SMARTS) is 1. The van der Waals surface area contributed by atoms with Gasteiger partial charge < -0.3 is 10.4 Å². The molecule has 2 aromatic rings. The Balaban J connectivity index is 1.74. The van der Waals surface area contributed by atoms with Crippen LogP contribution in [-0.4, -0.2) is 32.2 Å². The Labute approximate surface area is 104 Å². The minimum Gasteiger partial charge on any atom is -0.481 e. The van der Waals surface area contributed by atoms with Crippen LogP contribution in [0.25, 0.3) is 5.65 Å². The Morgan fingerprint density at radius 3 is 3.00 bits per heavy atom. The van der Waals surface area contributed by atoms with Crippen LogP contribution < -0.4 is 5.32 Å². The molecule has 0 spiro atoms. The van der Waals surface area contributed by atoms with Crippen molar-refractivity contribution >= 4 is 17.4 Å². The molecule has 1 aliphatic carbocycles. The zero-order valence-corrected chi connectivity index (χ0v) is 9.83. The maximum atomic E-state index is 11.2. The summed E-state index contributed by atoms with van der Waals surface area (Å²) < 4.78 is 1.67. The van der Waals surface area contributed by atoms with Crippen LogP contribution in [0.5, 0.6) is 0 Å². The Kier molecular flexibility index (Phi) is 2.43. The van der Waals surface area contributed by atoms with Crippen molar-refractivity contribution in [2.24, 2.45) is 5.41 Å². The highest BCUT2D eigenvalue weighted by molar-refractivity contribution is 5.76. The average Bonchev–Trinajstić information content (AvgIpc) is 2.74. The van der Waals surface area contributed by atoms with Gasteiger partial charge in [-0.3, -0.25) is 4.79 Å². The summed E-state index contributed by atoms with van der Waals surface area (Å²) >= 11 is 0. The SMILES string of the molecule is O=C(O)C1(CNc2ccn3nccc3n2)CCC1. The van der Waals surface area contributed by atoms with Crippen LogP contribution in [0.15, 0.2) is 24.5 Å². The van der Waals surface area contributed by atoms with Crippen LogP contribution in [0, 0.1) is 5.41 Å². The lowest BCUT2D eigenvalue weighted by Crippen LogP contribution is -2.43. The van der Waals surface area contributed by atoms with Gasteiger partial charge in [-0.15, -0.1) is 0 Å². The fraction of sp³-hybridized carbons (Fsp3) is 0.417. The van der Waals surface area contributed by atoms with Crippen LogP contribution in [0.1, 0.15) is 19.3 Å². The van der Waals surface area contributed by atoms with Crippen molar-refractivity contribution in [1.29, 1.82) is 0 Å². The topological polar surface area (TPSA) is 79.5 Å². The number of anilines is 1. The number of carboxylic acids is 1. The van der Waals surface area contributed by atoms with Gasteiger partial charge in [-0.1, -0.05) is 6.42 Å². The molecule has 0 aromatic carbocycles. The monoisotopic (exact) mass is 246 g/mol. The Morgan fingerprint density at radius 2 is 2.33 bits per heavy atom. The highest BCUT2D eigenvalue weighted by Crippen LogP contribution is 2.41. The van der Waals surface area contributed by atoms with Gasteiger partial charge in [0.25, 0.3) is 0 Å². The van der Waals surface area contributed by atoms with E-state index in [0.717, 1.165) is 24.9 Å². The molecule has 3 rings (SSSR count). The molecule has 0 saturated heterocycles. The van der Waals surface area contributed by atoms with Crippen molar-refractivity contribution in [2.45, 2.75) is 19.3 Å². The lowest BCUT2D eigenvalue weighted by atomic mass is 9.69. The summed E-state index contributed by atoms with van der Waals surface area (Å²) in [5, 5.41) is 16.4. The largest absolute Gasteiger partial charge is 0.481 e. The molecule has 94 valence electrons. The molecule has 0 radical (unpaired) electrons. The Morgan fingerprint density at radius 1 is 1.50 bits per heavy atom. The predicted molar refractivity (Wildman–Crippen MR) is 65.4 cm³/mol. The van der Waals surface area contributed by atoms with Gasteiger partial charge in [0, 0.05) is 18.8 Å². The van der Waals surface area contributed by atoms with Crippen LogP contribution in [-0.2, 0) is 4.79 Å². The lowest BCUT2D eigenvalue weighted by Gasteiger charge is -2.37. The first-order valence-corrected chi connectivity index (χ1v) is 5.97. The molecule has 6 nitrogen and oxygen atoms in total. The number of carbonyl (C=O) groups is 1. The van der Waals surface area contributed by atoms with Crippen molar-refractivity contribution in [2.75, 3.05) is 11.9 Å². The number of nitrogens with zero attached hydrogens (tertiary/aromatic N) is 3. The van der Waals surface area contributed by atoms with Crippen LogP contribution in [0.3, 0.4) is 0 Å². The van der Waals surface area contributed by atoms with E-state index in [9.17, 15) is 9.90 Å². The normalized spacial score (nSPS) is 17.3. The minimum atomic E-state index is -0.716. The number of aromatic nitrogens is 3. The first kappa shape index (κ1) is 11.0. The summed E-state index contributed by atoms with van der Waals surface area (Å²) in [6.07, 6.45) is 5.95. The molecule has 0 atom stereocenters. The van der Waals surface area contributed by atoms with E-state index >= 15 is 0 Å². The van der Waals surface area contributed by atoms with Crippen LogP contribution >= 0.6 is 0 Å². The van der Waals surface area contributed by atoms with Crippen molar-refractivity contribution < 1.29 is 9.90 Å². The molecule has 6 heteroatoms. The molecule has 2 aromatic heterocycles. The Bertz CT molecular complexity index is 589. The van der Waals surface area contributed by atoms with Crippen molar-refractivity contribution in [3.63, 3.8) is 0 Å². The lowest BCUT2D eigenvalue weighted by molar-refractivity contribution is -0.153. The van der Waals surface area contributed by atoms with E-state index in [1.807, 2.05) is 6.07 Å². The number of nitrogens with one attached hydrogen (secondary N) is 1. The van der Waals surface area contributed by atoms with Gasteiger partial charge in [-0.2, -0.15) is 5.10 Å². The molecule has 0 bridgehead atoms. The summed E-state index contributed by atoms with van der Waals surface area (Å²) in [4.78, 5) is 15.6. The molecular weight excluding hydrogens is 232 g/mol. The van der Waals surface area contributed by atoms with Crippen molar-refractivity contribution in [1.82, 2.24) is 14.6 Å². The van der Waals surface area contributed by atoms with E-state index < -0.39 is 11.4 Å². The molecular formula is C12H14N4O2. The van der Waals surface area contributed by atoms with E-state index in [4.69, 9.17) is 0 Å². The summed E-state index contributed by atoms with van der Waals surface area (Å²) in [6, 6.07) is 3.61. The van der Waals surface area contributed by atoms with Crippen LogP contribution in [0.4, 0.5) is 5.82 Å². The van der Waals surface area contributed by atoms with Crippen LogP contribution in [0.2, 0.25) is 0 Å². The molecule has 1 saturated carbocycles. The third-order valence-corrected chi connectivity index (χ3v) is 3.63. The van der Waals surface area contributed by atoms with Gasteiger partial charge >= 0.3 is 5.97 Å². The Hall–Kier alpha value is -2.11. The molecule has 0 amide bonds. The number of hydrogen-bond acceptors (Lipinski definition) is 4. The van der Waals surface area contributed by atoms with E-state index in [1.165, 1.54) is 0 Å². The maximum absolute atomic E-state index is 11.2. The van der Waals surface area contributed by atoms with E-state index in [-0.39, 0.29) is 0 Å². The molecule has 1 fully saturated rings. The summed E-state index contributed by atoms with van der Waals surface area (Å²) in [6.45, 7) is 0.430. The first-order valence-electron chi connectivity index (χ1n) is 5.97. The summed E-state index contributed by atoms with van der Waals surface area (Å²) in [7, 11) is 0.